The van der Waals surface area contributed by atoms with Crippen molar-refractivity contribution in [1.82, 2.24) is 0 Å². The fourth-order valence-electron chi connectivity index (χ4n) is 27.2. The summed E-state index contributed by atoms with van der Waals surface area (Å²) >= 11 is 0. The molecule has 0 saturated heterocycles. The lowest BCUT2D eigenvalue weighted by molar-refractivity contribution is -0.248. The number of ether oxygens (including phenoxy) is 9. The van der Waals surface area contributed by atoms with E-state index in [0.717, 1.165) is 153 Å². The van der Waals surface area contributed by atoms with E-state index in [4.69, 9.17) is 42.6 Å². The molecule has 16 heteroatoms. The monoisotopic (exact) mass is 1900 g/mol. The van der Waals surface area contributed by atoms with Gasteiger partial charge in [0.1, 0.15) is 30.0 Å². The lowest BCUT2D eigenvalue weighted by Crippen LogP contribution is -2.53. The molecular weight excluding hydrogens is 1670 g/mol. The first-order valence-electron chi connectivity index (χ1n) is 50.7. The molecule has 14 atom stereocenters. The summed E-state index contributed by atoms with van der Waals surface area (Å²) in [4.78, 5) is 85.2. The molecule has 14 bridgehead atoms. The Morgan fingerprint density at radius 2 is 0.791 bits per heavy atom. The first-order chi connectivity index (χ1) is 56.9. The van der Waals surface area contributed by atoms with Crippen molar-refractivity contribution in [3.63, 3.8) is 0 Å². The normalized spacial score (nSPS) is 32.2. The van der Waals surface area contributed by atoms with Crippen molar-refractivity contribution in [3.05, 3.63) is 0 Å². The Kier molecular flexibility index (Phi) is 55.6. The molecule has 0 radical (unpaired) electrons. The lowest BCUT2D eigenvalue weighted by Gasteiger charge is -2.56. The van der Waals surface area contributed by atoms with Crippen molar-refractivity contribution in [2.24, 2.45) is 144 Å². The highest BCUT2D eigenvalue weighted by molar-refractivity contribution is 5.79. The Bertz CT molecular complexity index is 3380. The van der Waals surface area contributed by atoms with E-state index in [-0.39, 0.29) is 194 Å². The second-order valence-corrected chi connectivity index (χ2v) is 47.8. The molecule has 16 nitrogen and oxygen atoms in total. The number of carbonyl (C=O) groups is 7. The van der Waals surface area contributed by atoms with Gasteiger partial charge in [-0.1, -0.05) is 198 Å². The number of hydrogen-bond donors (Lipinski definition) is 0. The topological polar surface area (TPSA) is 203 Å². The molecule has 0 aromatic heterocycles. The van der Waals surface area contributed by atoms with E-state index in [1.165, 1.54) is 167 Å². The molecule has 14 unspecified atom stereocenters. The standard InChI is InChI=1S/C21H36O2.C20H32O3.C19H30O4.C18H30O3.2C13H24O2.C2H6.12CH4/c1-8-18(3,4)17(22)23-20(7)11-12-21-13-16(20)19(5,6)15(21)10-9-14(21)2;1-5-20(3,4)19(21)23-11(2)22-16-10-14-9-15(16)18-13-7-6-12(8-13)17(14)18;1-4-18(2,3)16(20)22-5-6-23-17(21)19-10-13-7-14(11-19)9-15(8-13)12-19;1-5-17(3,4)16(19)20-12(2)21-18-9-13-6-14(10-18)8-15(7-13)11-18;1-10(2)12(14)15-13(3,4)11-8-6-5-7-9-11;1-5-12(2,3)11(14)15-13(4)9-7-6-8-10-13;1-2;;;;;;;;;;;;/h14-16H,8-13H2,1-7H3;11-18H,5-10H2,1-4H3;13-15H,4-12H2,1-3H3;12-15H,5-11H2,1-4H3;10-11H,5-9H2,1-4H3;5-10H2,1-4H3;1-2H3;12*1H4. The van der Waals surface area contributed by atoms with Gasteiger partial charge in [-0.15, -0.1) is 0 Å². The zero-order valence-electron chi connectivity index (χ0n) is 83.2. The second-order valence-electron chi connectivity index (χ2n) is 47.8. The van der Waals surface area contributed by atoms with E-state index in [9.17, 15) is 33.6 Å². The van der Waals surface area contributed by atoms with E-state index in [1.807, 2.05) is 138 Å². The third-order valence-corrected chi connectivity index (χ3v) is 36.0. The molecule has 17 fully saturated rings. The number of fused-ring (bicyclic) bond motifs is 10. The van der Waals surface area contributed by atoms with E-state index < -0.39 is 28.8 Å². The second kappa shape index (κ2) is 54.6. The average Bonchev–Trinajstić information content (AvgIpc) is 1.53. The summed E-state index contributed by atoms with van der Waals surface area (Å²) in [5.74, 6) is 12.4. The minimum atomic E-state index is -0.468. The van der Waals surface area contributed by atoms with Crippen molar-refractivity contribution in [3.8, 4) is 0 Å². The summed E-state index contributed by atoms with van der Waals surface area (Å²) in [6.45, 7) is 57.3. The molecule has 798 valence electrons. The van der Waals surface area contributed by atoms with E-state index in [2.05, 4.69) is 55.4 Å². The lowest BCUT2D eigenvalue weighted by atomic mass is 9.49. The molecule has 0 aliphatic heterocycles. The van der Waals surface area contributed by atoms with Crippen molar-refractivity contribution in [1.29, 1.82) is 0 Å². The van der Waals surface area contributed by atoms with Crippen molar-refractivity contribution < 1.29 is 76.2 Å². The quantitative estimate of drug-likeness (QED) is 0.0274. The van der Waals surface area contributed by atoms with Crippen LogP contribution in [0.1, 0.15) is 521 Å². The van der Waals surface area contributed by atoms with Crippen LogP contribution < -0.4 is 0 Å². The molecule has 134 heavy (non-hydrogen) atoms. The summed E-state index contributed by atoms with van der Waals surface area (Å²) in [7, 11) is 0. The third kappa shape index (κ3) is 31.6. The van der Waals surface area contributed by atoms with Gasteiger partial charge in [0.2, 0.25) is 6.29 Å². The van der Waals surface area contributed by atoms with E-state index in [0.29, 0.717) is 23.4 Å². The van der Waals surface area contributed by atoms with E-state index in [1.54, 1.807) is 0 Å². The van der Waals surface area contributed by atoms with Gasteiger partial charge in [0, 0.05) is 5.92 Å². The Morgan fingerprint density at radius 3 is 1.24 bits per heavy atom. The van der Waals surface area contributed by atoms with Crippen LogP contribution in [0.15, 0.2) is 0 Å². The Balaban J connectivity index is -0.000000746. The highest BCUT2D eigenvalue weighted by atomic mass is 16.7. The van der Waals surface area contributed by atoms with Gasteiger partial charge in [-0.3, -0.25) is 33.6 Å². The predicted octanol–water partition coefficient (Wildman–Crippen LogP) is 33.9. The summed E-state index contributed by atoms with van der Waals surface area (Å²) in [6, 6.07) is 0. The van der Waals surface area contributed by atoms with Crippen molar-refractivity contribution in [2.75, 3.05) is 13.2 Å². The zero-order chi connectivity index (χ0) is 90.5. The number of hydrogen-bond acceptors (Lipinski definition) is 16. The Hall–Kier alpha value is -3.79. The molecule has 0 heterocycles. The molecule has 17 aliphatic carbocycles. The minimum absolute atomic E-state index is 0. The summed E-state index contributed by atoms with van der Waals surface area (Å²) in [6.07, 6.45) is 43.6. The van der Waals surface area contributed by atoms with Crippen LogP contribution in [0, 0.1) is 144 Å². The van der Waals surface area contributed by atoms with Crippen LogP contribution in [0.25, 0.3) is 0 Å². The molecule has 17 saturated carbocycles. The van der Waals surface area contributed by atoms with Gasteiger partial charge in [-0.25, -0.2) is 0 Å². The maximum Gasteiger partial charge on any atom is 0.313 e. The number of esters is 7. The highest BCUT2D eigenvalue weighted by Gasteiger charge is 2.70. The highest BCUT2D eigenvalue weighted by Crippen LogP contribution is 2.74. The maximum absolute atomic E-state index is 12.7. The van der Waals surface area contributed by atoms with Gasteiger partial charge in [0.25, 0.3) is 0 Å². The zero-order valence-corrected chi connectivity index (χ0v) is 83.2. The van der Waals surface area contributed by atoms with Crippen LogP contribution in [-0.4, -0.2) is 96.1 Å². The van der Waals surface area contributed by atoms with Gasteiger partial charge in [0.15, 0.2) is 6.29 Å². The average molecular weight is 1910 g/mol. The van der Waals surface area contributed by atoms with Gasteiger partial charge >= 0.3 is 41.8 Å². The maximum atomic E-state index is 12.7. The molecule has 0 amide bonds. The first-order valence-corrected chi connectivity index (χ1v) is 50.7. The van der Waals surface area contributed by atoms with Gasteiger partial charge in [-0.2, -0.15) is 0 Å². The van der Waals surface area contributed by atoms with Crippen LogP contribution >= 0.6 is 0 Å². The largest absolute Gasteiger partial charge is 0.462 e. The van der Waals surface area contributed by atoms with Crippen LogP contribution in [0.4, 0.5) is 0 Å². The van der Waals surface area contributed by atoms with Crippen molar-refractivity contribution >= 4 is 41.8 Å². The Morgan fingerprint density at radius 1 is 0.388 bits per heavy atom. The van der Waals surface area contributed by atoms with Crippen LogP contribution in [-0.2, 0) is 76.2 Å². The van der Waals surface area contributed by atoms with Gasteiger partial charge in [0.05, 0.1) is 50.1 Å². The Labute approximate surface area is 832 Å². The van der Waals surface area contributed by atoms with Crippen LogP contribution in [0.3, 0.4) is 0 Å². The summed E-state index contributed by atoms with van der Waals surface area (Å²) in [5.41, 5.74) is -2.15. The molecule has 0 aromatic rings. The molecule has 17 rings (SSSR count). The SMILES string of the molecule is C.C.C.C.C.C.C.C.C.C.C.C.CC.CC(C)C(=O)OC(C)(C)C1CCCCC1.CCC(C)(C)C(=O)OC(C)OC12CC3CC(CC(C3)C1)C2.CCC(C)(C)C(=O)OC(C)OC1CC2CC1C1C3CCC(C3)C21.CCC(C)(C)C(=O)OC1(C)CCC23CC1C(C)(C)C2CCC3C.CCC(C)(C)C(=O)OC1(C)CCCCC1.CCC(C)(C)C(=O)OCCOC(=O)C12CC3CC(CC(C3)C1)C2. The fourth-order valence-corrected chi connectivity index (χ4v) is 27.2. The fraction of sp³-hybridized carbons (Fsp3) is 0.941. The molecular formula is C118H230O16. The van der Waals surface area contributed by atoms with Gasteiger partial charge in [-0.05, 0) is 422 Å². The smallest absolute Gasteiger partial charge is 0.313 e. The first kappa shape index (κ1) is 136. The number of carbonyl (C=O) groups excluding carboxylic acids is 7. The molecule has 0 N–H and O–H groups in total. The molecule has 1 spiro atoms. The van der Waals surface area contributed by atoms with Crippen LogP contribution in [0.5, 0.6) is 0 Å². The van der Waals surface area contributed by atoms with Crippen LogP contribution in [0.2, 0.25) is 0 Å². The number of rotatable bonds is 25. The predicted molar refractivity (Wildman–Crippen MR) is 566 cm³/mol. The third-order valence-electron chi connectivity index (χ3n) is 36.0. The minimum Gasteiger partial charge on any atom is -0.462 e. The molecule has 0 aromatic carbocycles. The molecule has 17 aliphatic rings. The summed E-state index contributed by atoms with van der Waals surface area (Å²) < 4.78 is 52.0. The van der Waals surface area contributed by atoms with Crippen molar-refractivity contribution in [2.45, 2.75) is 562 Å². The summed E-state index contributed by atoms with van der Waals surface area (Å²) in [5, 5.41) is 0. The van der Waals surface area contributed by atoms with E-state index >= 15 is 0 Å². The van der Waals surface area contributed by atoms with Gasteiger partial charge < -0.3 is 42.6 Å².